The Balaban J connectivity index is 1.24. The van der Waals surface area contributed by atoms with E-state index < -0.39 is 11.7 Å². The van der Waals surface area contributed by atoms with E-state index in [1.807, 2.05) is 0 Å². The lowest BCUT2D eigenvalue weighted by atomic mass is 10.1. The number of fused-ring (bicyclic) bond motifs is 1. The number of alkyl halides is 3. The lowest BCUT2D eigenvalue weighted by molar-refractivity contribution is -0.137. The van der Waals surface area contributed by atoms with E-state index in [1.54, 1.807) is 17.3 Å². The number of rotatable bonds is 4. The number of halogens is 3. The molecule has 3 aliphatic rings. The predicted molar refractivity (Wildman–Crippen MR) is 111 cm³/mol. The number of carbonyl (C=O) groups excluding carboxylic acids is 2. The molecule has 7 nitrogen and oxygen atoms in total. The number of nitrogens with zero attached hydrogens (tertiary/aromatic N) is 4. The number of hydrogen-bond donors (Lipinski definition) is 0. The molecule has 0 radical (unpaired) electrons. The Bertz CT molecular complexity index is 1040. The normalized spacial score (nSPS) is 23.3. The molecule has 2 aliphatic heterocycles. The van der Waals surface area contributed by atoms with E-state index in [1.165, 1.54) is 17.0 Å². The zero-order valence-electron chi connectivity index (χ0n) is 17.8. The Hall–Kier alpha value is -3.17. The molecule has 1 aliphatic carbocycles. The van der Waals surface area contributed by atoms with E-state index in [4.69, 9.17) is 4.74 Å². The van der Waals surface area contributed by atoms with Gasteiger partial charge >= 0.3 is 6.18 Å². The van der Waals surface area contributed by atoms with Crippen molar-refractivity contribution in [1.29, 1.82) is 0 Å². The third-order valence-electron chi connectivity index (χ3n) is 6.40. The minimum atomic E-state index is -4.46. The van der Waals surface area contributed by atoms with Crippen LogP contribution in [-0.4, -0.2) is 63.4 Å². The maximum atomic E-state index is 12.9. The van der Waals surface area contributed by atoms with Crippen LogP contribution in [0.3, 0.4) is 0 Å². The summed E-state index contributed by atoms with van der Waals surface area (Å²) in [6.07, 6.45) is 1.59. The van der Waals surface area contributed by atoms with Gasteiger partial charge in [0.1, 0.15) is 6.10 Å². The highest BCUT2D eigenvalue weighted by atomic mass is 19.4. The fourth-order valence-electron chi connectivity index (χ4n) is 4.47. The summed E-state index contributed by atoms with van der Waals surface area (Å²) in [5, 5.41) is 0. The molecule has 1 aromatic carbocycles. The van der Waals surface area contributed by atoms with Gasteiger partial charge in [-0.3, -0.25) is 14.6 Å². The van der Waals surface area contributed by atoms with Crippen molar-refractivity contribution in [2.45, 2.75) is 49.9 Å². The summed E-state index contributed by atoms with van der Waals surface area (Å²) < 4.78 is 44.4. The molecule has 0 N–H and O–H groups in total. The highest BCUT2D eigenvalue weighted by molar-refractivity contribution is 5.94. The van der Waals surface area contributed by atoms with Crippen molar-refractivity contribution in [3.05, 3.63) is 53.5 Å². The van der Waals surface area contributed by atoms with E-state index in [9.17, 15) is 22.8 Å². The molecule has 33 heavy (non-hydrogen) atoms. The third-order valence-corrected chi connectivity index (χ3v) is 6.40. The Kier molecular flexibility index (Phi) is 5.46. The largest absolute Gasteiger partial charge is 0.471 e. The van der Waals surface area contributed by atoms with Gasteiger partial charge in [-0.1, -0.05) is 0 Å². The number of aromatic nitrogens is 2. The van der Waals surface area contributed by atoms with E-state index >= 15 is 0 Å². The van der Waals surface area contributed by atoms with Gasteiger partial charge in [-0.05, 0) is 37.1 Å². The van der Waals surface area contributed by atoms with E-state index in [0.29, 0.717) is 31.3 Å². The molecule has 0 unspecified atom stereocenters. The number of benzene rings is 1. The number of ether oxygens (including phenoxy) is 1. The Morgan fingerprint density at radius 1 is 1.06 bits per heavy atom. The molecule has 174 valence electrons. The number of carbonyl (C=O) groups is 2. The van der Waals surface area contributed by atoms with Gasteiger partial charge in [0, 0.05) is 37.4 Å². The van der Waals surface area contributed by atoms with Crippen molar-refractivity contribution in [2.24, 2.45) is 0 Å². The smallest absolute Gasteiger partial charge is 0.416 e. The molecular weight excluding hydrogens is 437 g/mol. The van der Waals surface area contributed by atoms with Crippen LogP contribution in [-0.2, 0) is 11.0 Å². The number of hydrogen-bond acceptors (Lipinski definition) is 5. The molecule has 10 heteroatoms. The minimum Gasteiger partial charge on any atom is -0.471 e. The second-order valence-corrected chi connectivity index (χ2v) is 8.81. The van der Waals surface area contributed by atoms with Crippen LogP contribution in [0.25, 0.3) is 0 Å². The lowest BCUT2D eigenvalue weighted by Crippen LogP contribution is -2.40. The summed E-state index contributed by atoms with van der Waals surface area (Å²) in [4.78, 5) is 37.6. The van der Waals surface area contributed by atoms with Gasteiger partial charge in [-0.25, -0.2) is 4.98 Å². The van der Waals surface area contributed by atoms with Crippen molar-refractivity contribution >= 4 is 11.8 Å². The molecule has 3 heterocycles. The first-order chi connectivity index (χ1) is 15.8. The molecule has 0 spiro atoms. The zero-order valence-corrected chi connectivity index (χ0v) is 17.8. The number of amides is 2. The van der Waals surface area contributed by atoms with Crippen molar-refractivity contribution in [1.82, 2.24) is 19.8 Å². The van der Waals surface area contributed by atoms with Gasteiger partial charge in [0.15, 0.2) is 0 Å². The van der Waals surface area contributed by atoms with Gasteiger partial charge < -0.3 is 14.5 Å². The monoisotopic (exact) mass is 460 g/mol. The molecule has 2 aromatic rings. The van der Waals surface area contributed by atoms with Gasteiger partial charge in [0.2, 0.25) is 11.8 Å². The van der Waals surface area contributed by atoms with Gasteiger partial charge in [-0.15, -0.1) is 0 Å². The van der Waals surface area contributed by atoms with Gasteiger partial charge in [0.05, 0.1) is 36.2 Å². The topological polar surface area (TPSA) is 75.6 Å². The first-order valence-corrected chi connectivity index (χ1v) is 11.0. The van der Waals surface area contributed by atoms with Crippen LogP contribution in [0, 0.1) is 0 Å². The summed E-state index contributed by atoms with van der Waals surface area (Å²) in [6, 6.07) is 3.94. The van der Waals surface area contributed by atoms with Crippen LogP contribution in [0.5, 0.6) is 5.88 Å². The average molecular weight is 460 g/mol. The Morgan fingerprint density at radius 2 is 1.82 bits per heavy atom. The van der Waals surface area contributed by atoms with Crippen molar-refractivity contribution < 1.29 is 27.5 Å². The summed E-state index contributed by atoms with van der Waals surface area (Å²) in [6.45, 7) is 0.931. The van der Waals surface area contributed by atoms with Crippen molar-refractivity contribution in [3.8, 4) is 5.88 Å². The standard InChI is InChI=1S/C23H23F3N4O3/c24-23(25,26)16-5-3-15(4-6-16)22(32)29-8-7-21(31)30-13-18(9-17(30)12-29)33-20-11-27-19(10-28-20)14-1-2-14/h3-6,10-11,14,17-18H,1-2,7-9,12-13H2/t17-,18+/m0/s1. The van der Waals surface area contributed by atoms with Crippen LogP contribution >= 0.6 is 0 Å². The van der Waals surface area contributed by atoms with Crippen LogP contribution in [0.1, 0.15) is 53.2 Å². The minimum absolute atomic E-state index is 0.0658. The summed E-state index contributed by atoms with van der Waals surface area (Å²) in [7, 11) is 0. The van der Waals surface area contributed by atoms with Crippen LogP contribution in [0.15, 0.2) is 36.7 Å². The Morgan fingerprint density at radius 3 is 2.45 bits per heavy atom. The predicted octanol–water partition coefficient (Wildman–Crippen LogP) is 3.27. The second kappa shape index (κ2) is 8.31. The maximum absolute atomic E-state index is 12.9. The van der Waals surface area contributed by atoms with E-state index in [2.05, 4.69) is 9.97 Å². The molecular formula is C23H23F3N4O3. The maximum Gasteiger partial charge on any atom is 0.416 e. The highest BCUT2D eigenvalue weighted by Crippen LogP contribution is 2.38. The summed E-state index contributed by atoms with van der Waals surface area (Å²) in [5.41, 5.74) is 0.330. The fourth-order valence-corrected chi connectivity index (χ4v) is 4.47. The van der Waals surface area contributed by atoms with E-state index in [0.717, 1.165) is 30.7 Å². The van der Waals surface area contributed by atoms with Crippen LogP contribution in [0.2, 0.25) is 0 Å². The van der Waals surface area contributed by atoms with Crippen LogP contribution < -0.4 is 4.74 Å². The molecule has 5 rings (SSSR count). The SMILES string of the molecule is O=C(c1ccc(C(F)(F)F)cc1)N1CCC(=O)N2C[C@H](Oc3cnc(C4CC4)cn3)C[C@H]2C1. The second-order valence-electron chi connectivity index (χ2n) is 8.81. The quantitative estimate of drug-likeness (QED) is 0.700. The molecule has 3 fully saturated rings. The third kappa shape index (κ3) is 4.65. The first-order valence-electron chi connectivity index (χ1n) is 11.0. The first kappa shape index (κ1) is 21.7. The van der Waals surface area contributed by atoms with E-state index in [-0.39, 0.29) is 42.5 Å². The summed E-state index contributed by atoms with van der Waals surface area (Å²) >= 11 is 0. The highest BCUT2D eigenvalue weighted by Gasteiger charge is 2.40. The molecule has 2 atom stereocenters. The molecule has 2 saturated heterocycles. The van der Waals surface area contributed by atoms with Gasteiger partial charge in [0.25, 0.3) is 5.91 Å². The van der Waals surface area contributed by atoms with Gasteiger partial charge in [-0.2, -0.15) is 13.2 Å². The fraction of sp³-hybridized carbons (Fsp3) is 0.478. The van der Waals surface area contributed by atoms with Crippen molar-refractivity contribution in [3.63, 3.8) is 0 Å². The van der Waals surface area contributed by atoms with Crippen molar-refractivity contribution in [2.75, 3.05) is 19.6 Å². The van der Waals surface area contributed by atoms with Crippen LogP contribution in [0.4, 0.5) is 13.2 Å². The zero-order chi connectivity index (χ0) is 23.2. The average Bonchev–Trinajstić information content (AvgIpc) is 3.59. The molecule has 0 bridgehead atoms. The lowest BCUT2D eigenvalue weighted by Gasteiger charge is -2.25. The molecule has 1 saturated carbocycles. The molecule has 2 amide bonds. The summed E-state index contributed by atoms with van der Waals surface area (Å²) in [5.74, 6) is 0.460. The molecule has 1 aromatic heterocycles. The Labute approximate surface area is 188 Å².